The van der Waals surface area contributed by atoms with Gasteiger partial charge in [0.2, 0.25) is 0 Å². The van der Waals surface area contributed by atoms with Crippen LogP contribution in [0.1, 0.15) is 24.3 Å². The Morgan fingerprint density at radius 1 is 1.20 bits per heavy atom. The summed E-state index contributed by atoms with van der Waals surface area (Å²) in [5.41, 5.74) is 1.18. The largest absolute Gasteiger partial charge is 0.508 e. The second-order valence-electron chi connectivity index (χ2n) is 6.11. The van der Waals surface area contributed by atoms with Gasteiger partial charge in [-0.15, -0.1) is 0 Å². The monoisotopic (exact) mass is 363 g/mol. The van der Waals surface area contributed by atoms with Crippen molar-refractivity contribution in [3.8, 4) is 11.5 Å². The van der Waals surface area contributed by atoms with Crippen LogP contribution in [0.25, 0.3) is 0 Å². The molecule has 0 atom stereocenters. The lowest BCUT2D eigenvalue weighted by Crippen LogP contribution is -2.40. The Bertz CT molecular complexity index is 743. The molecule has 4 nitrogen and oxygen atoms in total. The highest BCUT2D eigenvalue weighted by Gasteiger charge is 2.24. The predicted molar refractivity (Wildman–Crippen MR) is 93.6 cm³/mol. The van der Waals surface area contributed by atoms with Crippen molar-refractivity contribution in [2.75, 3.05) is 19.7 Å². The first-order valence-electron chi connectivity index (χ1n) is 8.17. The molecule has 3 rings (SSSR count). The molecule has 2 aromatic carbocycles. The summed E-state index contributed by atoms with van der Waals surface area (Å²) in [7, 11) is 0. The number of carbonyl (C=O) groups is 1. The summed E-state index contributed by atoms with van der Waals surface area (Å²) in [6, 6.07) is 11.3. The van der Waals surface area contributed by atoms with Gasteiger partial charge in [-0.1, -0.05) is 23.7 Å². The van der Waals surface area contributed by atoms with E-state index in [0.29, 0.717) is 24.8 Å². The molecular formula is C19H19ClFNO3. The number of hydrogen-bond donors (Lipinski definition) is 1. The molecule has 25 heavy (non-hydrogen) atoms. The third-order valence-corrected chi connectivity index (χ3v) is 4.76. The molecule has 2 aromatic rings. The second kappa shape index (κ2) is 7.74. The molecule has 1 saturated heterocycles. The number of amides is 1. The van der Waals surface area contributed by atoms with Crippen molar-refractivity contribution in [1.82, 2.24) is 4.90 Å². The van der Waals surface area contributed by atoms with Crippen LogP contribution < -0.4 is 4.74 Å². The van der Waals surface area contributed by atoms with E-state index in [-0.39, 0.29) is 23.3 Å². The average Bonchev–Trinajstić information content (AvgIpc) is 2.63. The van der Waals surface area contributed by atoms with E-state index in [1.165, 1.54) is 23.8 Å². The molecule has 6 heteroatoms. The zero-order valence-electron chi connectivity index (χ0n) is 13.6. The van der Waals surface area contributed by atoms with Crippen LogP contribution in [0.15, 0.2) is 42.5 Å². The van der Waals surface area contributed by atoms with Crippen LogP contribution in [0, 0.1) is 5.82 Å². The number of rotatable bonds is 4. The van der Waals surface area contributed by atoms with E-state index >= 15 is 0 Å². The molecule has 1 aliphatic heterocycles. The first-order valence-corrected chi connectivity index (χ1v) is 8.55. The normalized spacial score (nSPS) is 15.2. The van der Waals surface area contributed by atoms with Crippen molar-refractivity contribution in [2.45, 2.75) is 18.8 Å². The fourth-order valence-corrected chi connectivity index (χ4v) is 3.18. The summed E-state index contributed by atoms with van der Waals surface area (Å²) in [4.78, 5) is 14.1. The molecule has 132 valence electrons. The molecule has 1 fully saturated rings. The molecule has 0 saturated carbocycles. The summed E-state index contributed by atoms with van der Waals surface area (Å²) in [5, 5.41) is 9.33. The highest BCUT2D eigenvalue weighted by atomic mass is 35.5. The number of benzene rings is 2. The van der Waals surface area contributed by atoms with Crippen LogP contribution >= 0.6 is 11.6 Å². The van der Waals surface area contributed by atoms with Gasteiger partial charge in [-0.05, 0) is 48.6 Å². The molecule has 0 unspecified atom stereocenters. The maximum Gasteiger partial charge on any atom is 0.260 e. The van der Waals surface area contributed by atoms with Gasteiger partial charge in [0, 0.05) is 19.2 Å². The van der Waals surface area contributed by atoms with Crippen molar-refractivity contribution in [2.24, 2.45) is 0 Å². The lowest BCUT2D eigenvalue weighted by Gasteiger charge is -2.32. The highest BCUT2D eigenvalue weighted by Crippen LogP contribution is 2.29. The summed E-state index contributed by atoms with van der Waals surface area (Å²) in [6.45, 7) is 1.24. The van der Waals surface area contributed by atoms with Crippen molar-refractivity contribution in [3.05, 3.63) is 58.9 Å². The quantitative estimate of drug-likeness (QED) is 0.894. The van der Waals surface area contributed by atoms with Crippen LogP contribution in [0.5, 0.6) is 11.5 Å². The lowest BCUT2D eigenvalue weighted by molar-refractivity contribution is -0.134. The number of likely N-dealkylation sites (tertiary alicyclic amines) is 1. The molecule has 0 bridgehead atoms. The zero-order valence-corrected chi connectivity index (χ0v) is 14.4. The third kappa shape index (κ3) is 4.42. The van der Waals surface area contributed by atoms with Crippen LogP contribution in [-0.4, -0.2) is 35.6 Å². The number of piperidine rings is 1. The molecule has 0 aromatic heterocycles. The van der Waals surface area contributed by atoms with Gasteiger partial charge in [-0.2, -0.15) is 0 Å². The molecule has 1 amide bonds. The topological polar surface area (TPSA) is 49.8 Å². The molecular weight excluding hydrogens is 345 g/mol. The second-order valence-corrected chi connectivity index (χ2v) is 6.52. The maximum atomic E-state index is 13.1. The van der Waals surface area contributed by atoms with Crippen molar-refractivity contribution in [1.29, 1.82) is 0 Å². The van der Waals surface area contributed by atoms with E-state index in [2.05, 4.69) is 0 Å². The van der Waals surface area contributed by atoms with Crippen LogP contribution in [0.2, 0.25) is 5.02 Å². The van der Waals surface area contributed by atoms with E-state index in [4.69, 9.17) is 16.3 Å². The van der Waals surface area contributed by atoms with E-state index in [1.54, 1.807) is 17.0 Å². The summed E-state index contributed by atoms with van der Waals surface area (Å²) in [5.74, 6) is 0.413. The van der Waals surface area contributed by atoms with E-state index in [1.807, 2.05) is 12.1 Å². The average molecular weight is 364 g/mol. The van der Waals surface area contributed by atoms with Gasteiger partial charge in [0.15, 0.2) is 6.61 Å². The van der Waals surface area contributed by atoms with Gasteiger partial charge in [0.25, 0.3) is 5.91 Å². The lowest BCUT2D eigenvalue weighted by atomic mass is 9.89. The van der Waals surface area contributed by atoms with Gasteiger partial charge in [0.1, 0.15) is 17.3 Å². The standard InChI is InChI=1S/C19H19ClFNO3/c20-17-11-16(5-6-18(17)21)25-12-19(24)22-9-7-14(8-10-22)13-1-3-15(23)4-2-13/h1-6,11,14,23H,7-10,12H2. The molecule has 1 aliphatic rings. The zero-order chi connectivity index (χ0) is 17.8. The number of aromatic hydroxyl groups is 1. The van der Waals surface area contributed by atoms with Gasteiger partial charge < -0.3 is 14.7 Å². The van der Waals surface area contributed by atoms with Gasteiger partial charge in [0.05, 0.1) is 5.02 Å². The Kier molecular flexibility index (Phi) is 5.43. The van der Waals surface area contributed by atoms with Crippen LogP contribution in [-0.2, 0) is 4.79 Å². The highest BCUT2D eigenvalue weighted by molar-refractivity contribution is 6.30. The van der Waals surface area contributed by atoms with E-state index in [9.17, 15) is 14.3 Å². The summed E-state index contributed by atoms with van der Waals surface area (Å²) >= 11 is 5.70. The predicted octanol–water partition coefficient (Wildman–Crippen LogP) is 3.97. The first-order chi connectivity index (χ1) is 12.0. The molecule has 0 radical (unpaired) electrons. The summed E-state index contributed by atoms with van der Waals surface area (Å²) < 4.78 is 18.5. The number of nitrogens with zero attached hydrogens (tertiary/aromatic N) is 1. The van der Waals surface area contributed by atoms with Crippen molar-refractivity contribution in [3.63, 3.8) is 0 Å². The maximum absolute atomic E-state index is 13.1. The number of carbonyl (C=O) groups excluding carboxylic acids is 1. The Morgan fingerprint density at radius 3 is 2.52 bits per heavy atom. The van der Waals surface area contributed by atoms with Gasteiger partial charge in [-0.25, -0.2) is 4.39 Å². The Balaban J connectivity index is 1.49. The van der Waals surface area contributed by atoms with E-state index in [0.717, 1.165) is 12.8 Å². The molecule has 0 spiro atoms. The summed E-state index contributed by atoms with van der Waals surface area (Å²) in [6.07, 6.45) is 1.75. The Labute approximate surface area is 150 Å². The van der Waals surface area contributed by atoms with Crippen LogP contribution in [0.3, 0.4) is 0 Å². The number of phenols is 1. The SMILES string of the molecule is O=C(COc1ccc(F)c(Cl)c1)N1CCC(c2ccc(O)cc2)CC1. The third-order valence-electron chi connectivity index (χ3n) is 4.47. The minimum atomic E-state index is -0.517. The van der Waals surface area contributed by atoms with E-state index < -0.39 is 5.82 Å². The number of phenolic OH excluding ortho intramolecular Hbond substituents is 1. The fourth-order valence-electron chi connectivity index (χ4n) is 3.01. The number of hydrogen-bond acceptors (Lipinski definition) is 3. The smallest absolute Gasteiger partial charge is 0.260 e. The first kappa shape index (κ1) is 17.5. The van der Waals surface area contributed by atoms with Crippen LogP contribution in [0.4, 0.5) is 4.39 Å². The molecule has 0 aliphatic carbocycles. The minimum Gasteiger partial charge on any atom is -0.508 e. The van der Waals surface area contributed by atoms with Gasteiger partial charge >= 0.3 is 0 Å². The molecule has 1 N–H and O–H groups in total. The van der Waals surface area contributed by atoms with Crippen molar-refractivity contribution < 1.29 is 19.0 Å². The number of ether oxygens (including phenoxy) is 1. The Morgan fingerprint density at radius 2 is 1.88 bits per heavy atom. The minimum absolute atomic E-state index is 0.0281. The molecule has 1 heterocycles. The number of halogens is 2. The fraction of sp³-hybridized carbons (Fsp3) is 0.316. The van der Waals surface area contributed by atoms with Crippen molar-refractivity contribution >= 4 is 17.5 Å². The Hall–Kier alpha value is -2.27. The van der Waals surface area contributed by atoms with Gasteiger partial charge in [-0.3, -0.25) is 4.79 Å².